The molecule has 3 aliphatic rings. The average molecular weight is 833 g/mol. The van der Waals surface area contributed by atoms with Gasteiger partial charge in [0.25, 0.3) is 0 Å². The molecule has 0 amide bonds. The van der Waals surface area contributed by atoms with Crippen LogP contribution >= 0.6 is 0 Å². The van der Waals surface area contributed by atoms with E-state index >= 15 is 0 Å². The maximum absolute atomic E-state index is 14.1. The van der Waals surface area contributed by atoms with E-state index in [1.165, 1.54) is 27.9 Å². The molecule has 305 valence electrons. The first-order chi connectivity index (χ1) is 23.4. The Morgan fingerprint density at radius 1 is 0.885 bits per heavy atom. The third-order valence-corrected chi connectivity index (χ3v) is 11.8. The van der Waals surface area contributed by atoms with Gasteiger partial charge in [-0.05, 0) is 74.9 Å². The van der Waals surface area contributed by atoms with Gasteiger partial charge >= 0.3 is 5.97 Å². The molecular weight excluding hydrogens is 765 g/mol. The van der Waals surface area contributed by atoms with E-state index in [2.05, 4.69) is 0 Å². The van der Waals surface area contributed by atoms with Crippen molar-refractivity contribution in [2.45, 2.75) is 179 Å². The predicted octanol–water partition coefficient (Wildman–Crippen LogP) is 1.78. The predicted molar refractivity (Wildman–Crippen MR) is 186 cm³/mol. The summed E-state index contributed by atoms with van der Waals surface area (Å²) < 4.78 is 37.1. The second-order valence-corrected chi connectivity index (χ2v) is 16.5. The summed E-state index contributed by atoms with van der Waals surface area (Å²) >= 11 is 0. The Kier molecular flexibility index (Phi) is 16.9. The van der Waals surface area contributed by atoms with Gasteiger partial charge in [0.1, 0.15) is 29.7 Å². The molecule has 3 heterocycles. The van der Waals surface area contributed by atoms with E-state index < -0.39 is 108 Å². The van der Waals surface area contributed by atoms with E-state index in [0.29, 0.717) is 6.42 Å². The van der Waals surface area contributed by atoms with Gasteiger partial charge in [-0.3, -0.25) is 9.59 Å². The van der Waals surface area contributed by atoms with E-state index in [0.717, 1.165) is 0 Å². The second-order valence-electron chi connectivity index (χ2n) is 16.5. The monoisotopic (exact) mass is 832 g/mol. The number of methoxy groups -OCH3 is 1. The van der Waals surface area contributed by atoms with Crippen molar-refractivity contribution >= 4 is 11.8 Å². The second kappa shape index (κ2) is 18.5. The average Bonchev–Trinajstić information content (AvgIpc) is 3.05. The van der Waals surface area contributed by atoms with Crippen LogP contribution in [0.2, 0.25) is 0 Å². The fourth-order valence-corrected chi connectivity index (χ4v) is 8.41. The molecule has 3 aliphatic heterocycles. The van der Waals surface area contributed by atoms with Crippen LogP contribution < -0.4 is 0 Å². The number of cyclic esters (lactones) is 1. The first-order valence-corrected chi connectivity index (χ1v) is 18.5. The Bertz CT molecular complexity index is 1170. The number of hydrogen-bond acceptors (Lipinski definition) is 14. The molecule has 18 atom stereocenters. The van der Waals surface area contributed by atoms with Crippen LogP contribution in [0.4, 0.5) is 0 Å². The number of hydrogen-bond donors (Lipinski definition) is 5. The first-order valence-electron chi connectivity index (χ1n) is 18.5. The zero-order chi connectivity index (χ0) is 39.0. The Morgan fingerprint density at radius 2 is 1.48 bits per heavy atom. The molecule has 0 bridgehead atoms. The van der Waals surface area contributed by atoms with Crippen LogP contribution in [0.15, 0.2) is 0 Å². The van der Waals surface area contributed by atoms with Crippen LogP contribution in [0.1, 0.15) is 94.9 Å². The first kappa shape index (κ1) is 47.5. The number of likely N-dealkylation sites (N-methyl/N-ethyl adjacent to an activating group) is 1. The minimum Gasteiger partial charge on any atom is -0.459 e. The van der Waals surface area contributed by atoms with Gasteiger partial charge in [0.2, 0.25) is 0 Å². The Balaban J connectivity index is 0.00000936. The zero-order valence-electron chi connectivity index (χ0n) is 33.3. The van der Waals surface area contributed by atoms with Crippen LogP contribution in [-0.2, 0) is 58.1 Å². The number of esters is 1. The van der Waals surface area contributed by atoms with Crippen molar-refractivity contribution in [1.82, 2.24) is 4.90 Å². The maximum Gasteiger partial charge on any atom is 0.311 e. The molecule has 3 fully saturated rings. The minimum absolute atomic E-state index is 0. The van der Waals surface area contributed by atoms with Crippen molar-refractivity contribution in [3.8, 4) is 0 Å². The Hall–Kier alpha value is -0.651. The summed E-state index contributed by atoms with van der Waals surface area (Å²) in [6.45, 7) is 16.3. The number of ketones is 1. The molecule has 14 nitrogen and oxygen atoms in total. The molecule has 5 N–H and O–H groups in total. The standard InChI is InChI=1S/C37H67NO13.Tc/c1-14-25-37(10,45)30(41)20(4)27(39)18(2)16-35(8,44)32(51-34-28(40)24(38(11)12)15-19(3)47-34)21(5)29(22(6)33(43)49-25)50-26-17-36(9,46-13)31(42)23(7)48-26;/h18-26,28-32,34,40-42,44-45H,14-17H2,1-13H3;/t18-,19+,20+,21+,22-,23+,24-,25-,26+,28+,29+,30-,31+,32-,34-,35-,36-,37-;/m1./s1/i;1+1. The molecule has 0 aromatic heterocycles. The van der Waals surface area contributed by atoms with Gasteiger partial charge in [-0.1, -0.05) is 27.7 Å². The number of carbonyl (C=O) groups is 2. The molecular formula is C37H67NO13Tc. The maximum atomic E-state index is 14.1. The summed E-state index contributed by atoms with van der Waals surface area (Å²) in [5.74, 6) is -4.98. The number of aliphatic hydroxyl groups excluding tert-OH is 3. The molecule has 15 heteroatoms. The molecule has 0 aliphatic carbocycles. The molecule has 0 aromatic carbocycles. The molecule has 52 heavy (non-hydrogen) atoms. The summed E-state index contributed by atoms with van der Waals surface area (Å²) in [5, 5.41) is 57.6. The third-order valence-electron chi connectivity index (χ3n) is 11.8. The Morgan fingerprint density at radius 3 is 2.02 bits per heavy atom. The fraction of sp³-hybridized carbons (Fsp3) is 0.946. The topological polar surface area (TPSA) is 194 Å². The van der Waals surface area contributed by atoms with Gasteiger partial charge in [-0.25, -0.2) is 0 Å². The van der Waals surface area contributed by atoms with Gasteiger partial charge in [0.15, 0.2) is 12.6 Å². The van der Waals surface area contributed by atoms with E-state index in [4.69, 9.17) is 28.4 Å². The number of Topliss-reactive ketones (excluding diaryl/α,β-unsaturated/α-hetero) is 1. The van der Waals surface area contributed by atoms with E-state index in [9.17, 15) is 35.1 Å². The molecule has 0 unspecified atom stereocenters. The molecule has 3 rings (SSSR count). The largest absolute Gasteiger partial charge is 0.459 e. The molecule has 3 saturated heterocycles. The summed E-state index contributed by atoms with van der Waals surface area (Å²) in [7, 11) is 5.18. The van der Waals surface area contributed by atoms with Crippen LogP contribution in [0.25, 0.3) is 0 Å². The van der Waals surface area contributed by atoms with Crippen molar-refractivity contribution in [3.63, 3.8) is 0 Å². The fourth-order valence-electron chi connectivity index (χ4n) is 8.41. The van der Waals surface area contributed by atoms with E-state index in [1.54, 1.807) is 41.5 Å². The quantitative estimate of drug-likeness (QED) is 0.233. The smallest absolute Gasteiger partial charge is 0.311 e. The Labute approximate surface area is 323 Å². The van der Waals surface area contributed by atoms with E-state index in [-0.39, 0.29) is 51.5 Å². The van der Waals surface area contributed by atoms with Crippen LogP contribution in [0.3, 0.4) is 0 Å². The normalized spacial score (nSPS) is 48.8. The minimum atomic E-state index is -1.99. The van der Waals surface area contributed by atoms with Crippen molar-refractivity contribution in [2.75, 3.05) is 21.2 Å². The third kappa shape index (κ3) is 10.2. The van der Waals surface area contributed by atoms with Gasteiger partial charge in [0.05, 0.1) is 47.6 Å². The summed E-state index contributed by atoms with van der Waals surface area (Å²) in [6.07, 6.45) is -9.71. The molecule has 1 radical (unpaired) electrons. The SMILES string of the molecule is CC[C@H]1OC(=O)[C@H](C)[C@@H](O[C@H]2C[C@@](C)(OC)[C@@H](O)[C@H](C)O2)[C@H](C)[C@@H](O[C@H]2O[C@@H](C)C[C@@H](N(C)C)[C@@H]2O)[C@](C)(O)C[C@@H](C)C(=O)[C@H](C)[C@@H](O)[C@]1(C)O.[99Tc]. The van der Waals surface area contributed by atoms with Crippen LogP contribution in [-0.4, -0.2) is 148 Å². The number of carbonyl (C=O) groups excluding carboxylic acids is 2. The molecule has 0 spiro atoms. The van der Waals surface area contributed by atoms with Crippen LogP contribution in [0, 0.1) is 23.7 Å². The summed E-state index contributed by atoms with van der Waals surface area (Å²) in [4.78, 5) is 29.8. The van der Waals surface area contributed by atoms with Gasteiger partial charge < -0.3 is 58.9 Å². The molecule has 0 saturated carbocycles. The number of rotatable bonds is 7. The zero-order valence-corrected chi connectivity index (χ0v) is 35.2. The van der Waals surface area contributed by atoms with Crippen molar-refractivity contribution < 1.29 is 83.6 Å². The van der Waals surface area contributed by atoms with Gasteiger partial charge in [0, 0.05) is 57.4 Å². The molecule has 0 aromatic rings. The number of aliphatic hydroxyl groups is 5. The number of ether oxygens (including phenoxy) is 6. The van der Waals surface area contributed by atoms with Crippen molar-refractivity contribution in [2.24, 2.45) is 23.7 Å². The van der Waals surface area contributed by atoms with Gasteiger partial charge in [-0.15, -0.1) is 0 Å². The summed E-state index contributed by atoms with van der Waals surface area (Å²) in [5.41, 5.74) is -4.84. The van der Waals surface area contributed by atoms with E-state index in [1.807, 2.05) is 25.9 Å². The van der Waals surface area contributed by atoms with Crippen molar-refractivity contribution in [1.29, 1.82) is 0 Å². The number of nitrogens with zero attached hydrogens (tertiary/aromatic N) is 1. The van der Waals surface area contributed by atoms with Gasteiger partial charge in [-0.2, -0.15) is 0 Å². The van der Waals surface area contributed by atoms with Crippen LogP contribution in [0.5, 0.6) is 0 Å². The van der Waals surface area contributed by atoms with Crippen molar-refractivity contribution in [3.05, 3.63) is 0 Å². The summed E-state index contributed by atoms with van der Waals surface area (Å²) in [6, 6.07) is -0.324.